The standard InChI is InChI=1S/C20H14Cl2N10O2/c1-9-25-15(33)7-14-27-28-20(31(9)14)13-6-5-10(8-24-13)26-19-16(18(23)34)29-32(30-19)17-11(21)3-2-4-12(17)22/h2-8,27H,1H3,(H2,23,34)(H,26,30). The number of aryl methyl sites for hydroxylation is 1. The highest BCUT2D eigenvalue weighted by Gasteiger charge is 2.20. The summed E-state index contributed by atoms with van der Waals surface area (Å²) in [4.78, 5) is 33.1. The number of primary amides is 1. The number of nitrogens with one attached hydrogen (secondary N) is 2. The van der Waals surface area contributed by atoms with Crippen molar-refractivity contribution in [3.05, 3.63) is 74.5 Å². The number of hydrogen-bond acceptors (Lipinski definition) is 8. The van der Waals surface area contributed by atoms with E-state index in [9.17, 15) is 9.59 Å². The van der Waals surface area contributed by atoms with Crippen LogP contribution in [0.5, 0.6) is 0 Å². The van der Waals surface area contributed by atoms with Crippen molar-refractivity contribution in [3.63, 3.8) is 0 Å². The number of halogens is 2. The highest BCUT2D eigenvalue weighted by Crippen LogP contribution is 2.29. The second-order valence-electron chi connectivity index (χ2n) is 7.09. The summed E-state index contributed by atoms with van der Waals surface area (Å²) < 4.78 is 1.68. The molecule has 0 unspecified atom stereocenters. The number of nitrogens with zero attached hydrogens (tertiary/aromatic N) is 7. The number of para-hydroxylation sites is 1. The number of aromatic nitrogens is 8. The summed E-state index contributed by atoms with van der Waals surface area (Å²) in [7, 11) is 0. The van der Waals surface area contributed by atoms with Crippen molar-refractivity contribution >= 4 is 46.3 Å². The highest BCUT2D eigenvalue weighted by atomic mass is 35.5. The van der Waals surface area contributed by atoms with E-state index in [1.807, 2.05) is 0 Å². The lowest BCUT2D eigenvalue weighted by Crippen LogP contribution is -2.14. The fourth-order valence-electron chi connectivity index (χ4n) is 3.35. The number of anilines is 2. The van der Waals surface area contributed by atoms with Crippen LogP contribution in [-0.2, 0) is 0 Å². The van der Waals surface area contributed by atoms with Crippen LogP contribution < -0.4 is 16.6 Å². The minimum atomic E-state index is -0.790. The van der Waals surface area contributed by atoms with Gasteiger partial charge in [-0.25, -0.2) is 0 Å². The second-order valence-corrected chi connectivity index (χ2v) is 7.90. The third-order valence-electron chi connectivity index (χ3n) is 4.82. The van der Waals surface area contributed by atoms with Gasteiger partial charge in [-0.1, -0.05) is 29.3 Å². The van der Waals surface area contributed by atoms with Crippen LogP contribution in [0, 0.1) is 6.92 Å². The lowest BCUT2D eigenvalue weighted by molar-refractivity contribution is 0.0996. The van der Waals surface area contributed by atoms with Gasteiger partial charge < -0.3 is 11.1 Å². The Morgan fingerprint density at radius 3 is 2.59 bits per heavy atom. The quantitative estimate of drug-likeness (QED) is 0.334. The Labute approximate surface area is 200 Å². The predicted octanol–water partition coefficient (Wildman–Crippen LogP) is 2.52. The number of carbonyl (C=O) groups is 1. The van der Waals surface area contributed by atoms with Gasteiger partial charge in [-0.3, -0.25) is 24.1 Å². The van der Waals surface area contributed by atoms with Gasteiger partial charge in [-0.15, -0.1) is 15.0 Å². The number of H-pyrrole nitrogens is 1. The number of benzene rings is 1. The van der Waals surface area contributed by atoms with Crippen molar-refractivity contribution in [2.24, 2.45) is 5.73 Å². The van der Waals surface area contributed by atoms with Crippen LogP contribution in [0.25, 0.3) is 22.9 Å². The average molecular weight is 497 g/mol. The number of rotatable bonds is 5. The van der Waals surface area contributed by atoms with Gasteiger partial charge in [0.15, 0.2) is 17.3 Å². The van der Waals surface area contributed by atoms with E-state index in [-0.39, 0.29) is 17.1 Å². The summed E-state index contributed by atoms with van der Waals surface area (Å²) in [5.41, 5.74) is 6.84. The maximum absolute atomic E-state index is 12.0. The Balaban J connectivity index is 1.49. The second kappa shape index (κ2) is 8.24. The summed E-state index contributed by atoms with van der Waals surface area (Å²) >= 11 is 12.5. The summed E-state index contributed by atoms with van der Waals surface area (Å²) in [6.07, 6.45) is 1.52. The maximum atomic E-state index is 12.0. The molecule has 0 aliphatic heterocycles. The van der Waals surface area contributed by atoms with Crippen LogP contribution >= 0.6 is 23.2 Å². The maximum Gasteiger partial charge on any atom is 0.275 e. The van der Waals surface area contributed by atoms with Gasteiger partial charge in [0.05, 0.1) is 21.9 Å². The SMILES string of the molecule is Cc1nc(=O)cc2[nH]nc(-c3ccc(Nc4nn(-c5c(Cl)cccc5Cl)nc4C(N)=O)cn3)n12. The fourth-order valence-corrected chi connectivity index (χ4v) is 3.90. The predicted molar refractivity (Wildman–Crippen MR) is 125 cm³/mol. The minimum Gasteiger partial charge on any atom is -0.364 e. The van der Waals surface area contributed by atoms with E-state index >= 15 is 0 Å². The van der Waals surface area contributed by atoms with E-state index in [0.717, 1.165) is 4.80 Å². The smallest absolute Gasteiger partial charge is 0.275 e. The van der Waals surface area contributed by atoms with Crippen molar-refractivity contribution in [3.8, 4) is 17.2 Å². The fraction of sp³-hybridized carbons (Fsp3) is 0.0500. The van der Waals surface area contributed by atoms with Crippen molar-refractivity contribution in [1.29, 1.82) is 0 Å². The van der Waals surface area contributed by atoms with Crippen LogP contribution in [0.15, 0.2) is 47.4 Å². The minimum absolute atomic E-state index is 0.0978. The number of hydrogen-bond donors (Lipinski definition) is 3. The molecule has 1 aromatic carbocycles. The molecule has 0 saturated heterocycles. The summed E-state index contributed by atoms with van der Waals surface area (Å²) in [6, 6.07) is 9.68. The Bertz CT molecular complexity index is 1600. The molecule has 0 radical (unpaired) electrons. The highest BCUT2D eigenvalue weighted by molar-refractivity contribution is 6.37. The molecule has 5 aromatic rings. The number of aromatic amines is 1. The van der Waals surface area contributed by atoms with Crippen LogP contribution in [-0.4, -0.2) is 45.5 Å². The van der Waals surface area contributed by atoms with Crippen LogP contribution in [0.4, 0.5) is 11.5 Å². The molecule has 170 valence electrons. The van der Waals surface area contributed by atoms with Gasteiger partial charge in [-0.05, 0) is 31.2 Å². The van der Waals surface area contributed by atoms with Gasteiger partial charge in [0.1, 0.15) is 22.9 Å². The van der Waals surface area contributed by atoms with Crippen LogP contribution in [0.3, 0.4) is 0 Å². The molecule has 14 heteroatoms. The van der Waals surface area contributed by atoms with Crippen molar-refractivity contribution in [1.82, 2.24) is 39.6 Å². The number of pyridine rings is 1. The molecule has 12 nitrogen and oxygen atoms in total. The molecular formula is C20H14Cl2N10O2. The Kier molecular flexibility index (Phi) is 5.23. The van der Waals surface area contributed by atoms with Gasteiger partial charge in [-0.2, -0.15) is 10.1 Å². The van der Waals surface area contributed by atoms with E-state index in [1.54, 1.807) is 41.7 Å². The lowest BCUT2D eigenvalue weighted by Gasteiger charge is -2.06. The van der Waals surface area contributed by atoms with Gasteiger partial charge in [0.2, 0.25) is 0 Å². The van der Waals surface area contributed by atoms with Gasteiger partial charge in [0, 0.05) is 6.07 Å². The topological polar surface area (TPSA) is 162 Å². The first-order valence-electron chi connectivity index (χ1n) is 9.71. The zero-order valence-corrected chi connectivity index (χ0v) is 18.8. The first-order chi connectivity index (χ1) is 16.3. The molecule has 34 heavy (non-hydrogen) atoms. The summed E-state index contributed by atoms with van der Waals surface area (Å²) in [6.45, 7) is 1.70. The third kappa shape index (κ3) is 3.74. The molecule has 0 spiro atoms. The largest absolute Gasteiger partial charge is 0.364 e. The number of amides is 1. The zero-order valence-electron chi connectivity index (χ0n) is 17.3. The third-order valence-corrected chi connectivity index (χ3v) is 5.43. The first kappa shape index (κ1) is 21.6. The van der Waals surface area contributed by atoms with Crippen LogP contribution in [0.2, 0.25) is 10.0 Å². The molecule has 5 rings (SSSR count). The van der Waals surface area contributed by atoms with Crippen LogP contribution in [0.1, 0.15) is 16.3 Å². The molecule has 0 bridgehead atoms. The van der Waals surface area contributed by atoms with E-state index in [0.29, 0.717) is 44.4 Å². The molecule has 0 fully saturated rings. The lowest BCUT2D eigenvalue weighted by atomic mass is 10.3. The molecule has 0 aliphatic carbocycles. The molecule has 4 heterocycles. The number of carbonyl (C=O) groups excluding carboxylic acids is 1. The monoisotopic (exact) mass is 496 g/mol. The normalized spacial score (nSPS) is 11.1. The Morgan fingerprint density at radius 2 is 1.91 bits per heavy atom. The number of fused-ring (bicyclic) bond motifs is 1. The zero-order chi connectivity index (χ0) is 24.0. The molecule has 0 aliphatic rings. The van der Waals surface area contributed by atoms with E-state index in [1.165, 1.54) is 12.3 Å². The Hall–Kier alpha value is -4.29. The average Bonchev–Trinajstić information content (AvgIpc) is 3.39. The molecule has 1 amide bonds. The summed E-state index contributed by atoms with van der Waals surface area (Å²) in [5.74, 6) is 0.252. The van der Waals surface area contributed by atoms with E-state index < -0.39 is 5.91 Å². The van der Waals surface area contributed by atoms with E-state index in [2.05, 4.69) is 35.7 Å². The number of nitrogens with two attached hydrogens (primary N) is 1. The first-order valence-corrected chi connectivity index (χ1v) is 10.5. The van der Waals surface area contributed by atoms with Gasteiger partial charge >= 0.3 is 0 Å². The molecule has 4 N–H and O–H groups in total. The summed E-state index contributed by atoms with van der Waals surface area (Å²) in [5, 5.41) is 19.0. The van der Waals surface area contributed by atoms with Crippen molar-refractivity contribution < 1.29 is 4.79 Å². The van der Waals surface area contributed by atoms with Crippen molar-refractivity contribution in [2.75, 3.05) is 5.32 Å². The molecule has 4 aromatic heterocycles. The van der Waals surface area contributed by atoms with E-state index in [4.69, 9.17) is 28.9 Å². The Morgan fingerprint density at radius 1 is 1.15 bits per heavy atom. The molecule has 0 saturated carbocycles. The van der Waals surface area contributed by atoms with Crippen molar-refractivity contribution in [2.45, 2.75) is 6.92 Å². The van der Waals surface area contributed by atoms with Gasteiger partial charge in [0.25, 0.3) is 11.5 Å². The molecular weight excluding hydrogens is 483 g/mol. The molecule has 0 atom stereocenters.